The van der Waals surface area contributed by atoms with Crippen molar-refractivity contribution in [2.75, 3.05) is 0 Å². The zero-order valence-electron chi connectivity index (χ0n) is 8.39. The second kappa shape index (κ2) is 4.28. The predicted octanol–water partition coefficient (Wildman–Crippen LogP) is 2.31. The Hall–Kier alpha value is -1.61. The first-order valence-corrected chi connectivity index (χ1v) is 4.90. The van der Waals surface area contributed by atoms with Gasteiger partial charge in [0.1, 0.15) is 5.52 Å². The lowest BCUT2D eigenvalue weighted by atomic mass is 10.1. The molecule has 1 N–H and O–H groups in total. The first-order chi connectivity index (χ1) is 7.29. The summed E-state index contributed by atoms with van der Waals surface area (Å²) in [6, 6.07) is 5.76. The minimum Gasteiger partial charge on any atom is -0.443 e. The molecule has 1 aromatic carbocycles. The number of aliphatic hydroxyl groups excluding tert-OH is 1. The number of benzene rings is 1. The van der Waals surface area contributed by atoms with E-state index in [0.717, 1.165) is 16.7 Å². The van der Waals surface area contributed by atoms with Crippen LogP contribution in [0.1, 0.15) is 12.0 Å². The molecular formula is C12H13NO2. The summed E-state index contributed by atoms with van der Waals surface area (Å²) in [5.41, 5.74) is 2.66. The number of aliphatic hydroxyl groups is 1. The Morgan fingerprint density at radius 2 is 2.40 bits per heavy atom. The smallest absolute Gasteiger partial charge is 0.181 e. The molecule has 0 aliphatic carbocycles. The number of hydrogen-bond acceptors (Lipinski definition) is 3. The summed E-state index contributed by atoms with van der Waals surface area (Å²) in [5, 5.41) is 9.61. The highest BCUT2D eigenvalue weighted by Crippen LogP contribution is 2.16. The summed E-state index contributed by atoms with van der Waals surface area (Å²) in [5.74, 6) is 0. The first-order valence-electron chi connectivity index (χ1n) is 4.90. The van der Waals surface area contributed by atoms with Crippen molar-refractivity contribution in [1.82, 2.24) is 4.98 Å². The van der Waals surface area contributed by atoms with Crippen LogP contribution in [0.2, 0.25) is 0 Å². The van der Waals surface area contributed by atoms with Crippen molar-refractivity contribution in [2.24, 2.45) is 0 Å². The van der Waals surface area contributed by atoms with E-state index < -0.39 is 0 Å². The van der Waals surface area contributed by atoms with Gasteiger partial charge in [0, 0.05) is 0 Å². The molecule has 0 radical (unpaired) electrons. The van der Waals surface area contributed by atoms with Crippen LogP contribution in [0.25, 0.3) is 11.1 Å². The second-order valence-electron chi connectivity index (χ2n) is 3.54. The van der Waals surface area contributed by atoms with Gasteiger partial charge in [0.25, 0.3) is 0 Å². The van der Waals surface area contributed by atoms with Crippen LogP contribution < -0.4 is 0 Å². The lowest BCUT2D eigenvalue weighted by Gasteiger charge is -2.07. The summed E-state index contributed by atoms with van der Waals surface area (Å²) in [6.07, 6.45) is 3.99. The maximum Gasteiger partial charge on any atom is 0.181 e. The third-order valence-electron chi connectivity index (χ3n) is 2.31. The third-order valence-corrected chi connectivity index (χ3v) is 2.31. The quantitative estimate of drug-likeness (QED) is 0.775. The summed E-state index contributed by atoms with van der Waals surface area (Å²) >= 11 is 0. The van der Waals surface area contributed by atoms with Crippen LogP contribution in [0.5, 0.6) is 0 Å². The van der Waals surface area contributed by atoms with E-state index in [4.69, 9.17) is 4.42 Å². The van der Waals surface area contributed by atoms with Gasteiger partial charge in [0.2, 0.25) is 0 Å². The van der Waals surface area contributed by atoms with Gasteiger partial charge in [-0.1, -0.05) is 12.1 Å². The predicted molar refractivity (Wildman–Crippen MR) is 58.5 cm³/mol. The molecule has 2 rings (SSSR count). The fourth-order valence-electron chi connectivity index (χ4n) is 1.57. The number of aromatic nitrogens is 1. The van der Waals surface area contributed by atoms with E-state index in [1.54, 1.807) is 6.08 Å². The Morgan fingerprint density at radius 3 is 3.20 bits per heavy atom. The molecule has 0 spiro atoms. The standard InChI is InChI=1S/C12H13NO2/c1-2-3-10(14)6-9-4-5-11-12(7-9)15-8-13-11/h2,4-5,7-8,10,14H,1,3,6H2. The van der Waals surface area contributed by atoms with Gasteiger partial charge in [0.15, 0.2) is 12.0 Å². The first kappa shape index (κ1) is 9.93. The Labute approximate surface area is 88.1 Å². The van der Waals surface area contributed by atoms with Crippen molar-refractivity contribution in [2.45, 2.75) is 18.9 Å². The Morgan fingerprint density at radius 1 is 1.53 bits per heavy atom. The molecule has 0 amide bonds. The van der Waals surface area contributed by atoms with Crippen molar-refractivity contribution >= 4 is 11.1 Å². The third kappa shape index (κ3) is 2.25. The van der Waals surface area contributed by atoms with Crippen molar-refractivity contribution < 1.29 is 9.52 Å². The lowest BCUT2D eigenvalue weighted by molar-refractivity contribution is 0.178. The van der Waals surface area contributed by atoms with Crippen LogP contribution in [0.4, 0.5) is 0 Å². The molecule has 1 heterocycles. The average Bonchev–Trinajstić information content (AvgIpc) is 2.65. The Balaban J connectivity index is 2.17. The SMILES string of the molecule is C=CCC(O)Cc1ccc2ncoc2c1. The van der Waals surface area contributed by atoms with Gasteiger partial charge < -0.3 is 9.52 Å². The molecule has 78 valence electrons. The van der Waals surface area contributed by atoms with Crippen molar-refractivity contribution in [1.29, 1.82) is 0 Å². The van der Waals surface area contributed by atoms with E-state index in [1.807, 2.05) is 18.2 Å². The molecule has 1 unspecified atom stereocenters. The van der Waals surface area contributed by atoms with Crippen LogP contribution in [-0.2, 0) is 6.42 Å². The number of rotatable bonds is 4. The second-order valence-corrected chi connectivity index (χ2v) is 3.54. The molecule has 1 aromatic heterocycles. The van der Waals surface area contributed by atoms with Gasteiger partial charge in [-0.25, -0.2) is 4.98 Å². The van der Waals surface area contributed by atoms with Crippen molar-refractivity contribution in [3.63, 3.8) is 0 Å². The molecule has 0 fully saturated rings. The molecule has 0 saturated carbocycles. The molecule has 0 aliphatic heterocycles. The molecule has 3 heteroatoms. The highest BCUT2D eigenvalue weighted by atomic mass is 16.3. The molecule has 2 aromatic rings. The number of fused-ring (bicyclic) bond motifs is 1. The maximum absolute atomic E-state index is 9.61. The zero-order valence-corrected chi connectivity index (χ0v) is 8.39. The average molecular weight is 203 g/mol. The lowest BCUT2D eigenvalue weighted by Crippen LogP contribution is -2.08. The maximum atomic E-state index is 9.61. The van der Waals surface area contributed by atoms with Crippen LogP contribution in [0, 0.1) is 0 Å². The molecule has 1 atom stereocenters. The number of hydrogen-bond donors (Lipinski definition) is 1. The highest BCUT2D eigenvalue weighted by Gasteiger charge is 2.05. The summed E-state index contributed by atoms with van der Waals surface area (Å²) in [6.45, 7) is 3.60. The molecule has 3 nitrogen and oxygen atoms in total. The molecule has 0 bridgehead atoms. The van der Waals surface area contributed by atoms with Crippen LogP contribution in [-0.4, -0.2) is 16.2 Å². The Bertz CT molecular complexity index is 461. The van der Waals surface area contributed by atoms with Crippen molar-refractivity contribution in [3.05, 3.63) is 42.8 Å². The normalized spacial score (nSPS) is 12.9. The topological polar surface area (TPSA) is 46.3 Å². The minimum atomic E-state index is -0.372. The van der Waals surface area contributed by atoms with E-state index in [9.17, 15) is 5.11 Å². The van der Waals surface area contributed by atoms with Crippen molar-refractivity contribution in [3.8, 4) is 0 Å². The summed E-state index contributed by atoms with van der Waals surface area (Å²) in [4.78, 5) is 4.03. The van der Waals surface area contributed by atoms with Gasteiger partial charge in [-0.05, 0) is 30.5 Å². The summed E-state index contributed by atoms with van der Waals surface area (Å²) in [7, 11) is 0. The van der Waals surface area contributed by atoms with Crippen LogP contribution in [0.3, 0.4) is 0 Å². The van der Waals surface area contributed by atoms with E-state index in [1.165, 1.54) is 6.39 Å². The van der Waals surface area contributed by atoms with Gasteiger partial charge in [-0.2, -0.15) is 0 Å². The highest BCUT2D eigenvalue weighted by molar-refractivity contribution is 5.72. The largest absolute Gasteiger partial charge is 0.443 e. The van der Waals surface area contributed by atoms with E-state index in [2.05, 4.69) is 11.6 Å². The summed E-state index contributed by atoms with van der Waals surface area (Å²) < 4.78 is 5.19. The fraction of sp³-hybridized carbons (Fsp3) is 0.250. The number of nitrogens with zero attached hydrogens (tertiary/aromatic N) is 1. The van der Waals surface area contributed by atoms with Crippen LogP contribution in [0.15, 0.2) is 41.7 Å². The van der Waals surface area contributed by atoms with Gasteiger partial charge >= 0.3 is 0 Å². The molecule has 0 saturated heterocycles. The van der Waals surface area contributed by atoms with Gasteiger partial charge in [0.05, 0.1) is 6.10 Å². The minimum absolute atomic E-state index is 0.372. The van der Waals surface area contributed by atoms with E-state index >= 15 is 0 Å². The molecular weight excluding hydrogens is 190 g/mol. The zero-order chi connectivity index (χ0) is 10.7. The molecule has 0 aliphatic rings. The van der Waals surface area contributed by atoms with Crippen LogP contribution >= 0.6 is 0 Å². The van der Waals surface area contributed by atoms with E-state index in [0.29, 0.717) is 12.8 Å². The monoisotopic (exact) mass is 203 g/mol. The van der Waals surface area contributed by atoms with E-state index in [-0.39, 0.29) is 6.10 Å². The Kier molecular flexibility index (Phi) is 2.83. The molecule has 15 heavy (non-hydrogen) atoms. The fourth-order valence-corrected chi connectivity index (χ4v) is 1.57. The van der Waals surface area contributed by atoms with Gasteiger partial charge in [-0.15, -0.1) is 6.58 Å². The van der Waals surface area contributed by atoms with Gasteiger partial charge in [-0.3, -0.25) is 0 Å². The number of oxazole rings is 1.